The van der Waals surface area contributed by atoms with Gasteiger partial charge < -0.3 is 13.6 Å². The molecule has 3 aromatic heterocycles. The van der Waals surface area contributed by atoms with Crippen LogP contribution in [-0.2, 0) is 5.41 Å². The molecule has 3 heterocycles. The molecule has 300 valence electrons. The van der Waals surface area contributed by atoms with Crippen LogP contribution in [0.15, 0.2) is 211 Å². The Hall–Kier alpha value is -8.14. The minimum atomic E-state index is -0.217. The molecule has 0 N–H and O–H groups in total. The van der Waals surface area contributed by atoms with Crippen LogP contribution in [0.2, 0.25) is 0 Å². The summed E-state index contributed by atoms with van der Waals surface area (Å²) in [6.45, 7) is 4.81. The van der Waals surface area contributed by atoms with Crippen LogP contribution in [0.3, 0.4) is 0 Å². The number of hydrogen-bond donors (Lipinski definition) is 0. The van der Waals surface area contributed by atoms with Crippen molar-refractivity contribution in [2.45, 2.75) is 19.3 Å². The van der Waals surface area contributed by atoms with Crippen LogP contribution in [-0.4, -0.2) is 9.13 Å². The van der Waals surface area contributed by atoms with Crippen molar-refractivity contribution in [3.8, 4) is 44.8 Å². The molecule has 0 spiro atoms. The van der Waals surface area contributed by atoms with Crippen LogP contribution in [0.5, 0.6) is 0 Å². The lowest BCUT2D eigenvalue weighted by Gasteiger charge is -2.23. The van der Waals surface area contributed by atoms with E-state index in [0.29, 0.717) is 0 Å². The molecule has 1 aliphatic rings. The quantitative estimate of drug-likeness (QED) is 0.173. The first kappa shape index (κ1) is 35.5. The third kappa shape index (κ3) is 4.81. The van der Waals surface area contributed by atoms with Gasteiger partial charge in [0.05, 0.1) is 22.1 Å². The van der Waals surface area contributed by atoms with Gasteiger partial charge in [-0.05, 0) is 134 Å². The van der Waals surface area contributed by atoms with E-state index in [1.807, 2.05) is 0 Å². The maximum absolute atomic E-state index is 6.64. The number of hydrogen-bond acceptors (Lipinski definition) is 1. The number of aromatic nitrogens is 2. The molecule has 3 heteroatoms. The number of fused-ring (bicyclic) bond motifs is 14. The Kier molecular flexibility index (Phi) is 7.17. The predicted molar refractivity (Wildman–Crippen MR) is 268 cm³/mol. The summed E-state index contributed by atoms with van der Waals surface area (Å²) in [5.41, 5.74) is 18.9. The van der Waals surface area contributed by atoms with Crippen molar-refractivity contribution in [3.05, 3.63) is 217 Å². The number of para-hydroxylation sites is 3. The lowest BCUT2D eigenvalue weighted by atomic mass is 9.80. The maximum Gasteiger partial charge on any atom is 0.136 e. The second-order valence-electron chi connectivity index (χ2n) is 18.0. The predicted octanol–water partition coefficient (Wildman–Crippen LogP) is 16.6. The summed E-state index contributed by atoms with van der Waals surface area (Å²) in [4.78, 5) is 0. The minimum Gasteiger partial charge on any atom is -0.456 e. The zero-order valence-electron chi connectivity index (χ0n) is 35.4. The Bertz CT molecular complexity index is 4030. The molecule has 0 aliphatic heterocycles. The van der Waals surface area contributed by atoms with Gasteiger partial charge in [0.1, 0.15) is 11.2 Å². The normalized spacial score (nSPS) is 13.3. The van der Waals surface area contributed by atoms with Gasteiger partial charge in [-0.3, -0.25) is 0 Å². The molecule has 3 nitrogen and oxygen atoms in total. The Morgan fingerprint density at radius 3 is 1.75 bits per heavy atom. The Balaban J connectivity index is 1.02. The van der Waals surface area contributed by atoms with E-state index in [2.05, 4.69) is 229 Å². The molecule has 64 heavy (non-hydrogen) atoms. The van der Waals surface area contributed by atoms with Gasteiger partial charge in [-0.2, -0.15) is 0 Å². The molecular weight excluding hydrogens is 777 g/mol. The third-order valence-corrected chi connectivity index (χ3v) is 14.3. The molecule has 13 aromatic rings. The summed E-state index contributed by atoms with van der Waals surface area (Å²) in [7, 11) is 0. The molecule has 0 saturated carbocycles. The Morgan fingerprint density at radius 2 is 0.984 bits per heavy atom. The smallest absolute Gasteiger partial charge is 0.136 e. The van der Waals surface area contributed by atoms with Crippen LogP contribution in [0.1, 0.15) is 25.0 Å². The molecule has 0 unspecified atom stereocenters. The van der Waals surface area contributed by atoms with Crippen molar-refractivity contribution in [1.82, 2.24) is 9.13 Å². The lowest BCUT2D eigenvalue weighted by molar-refractivity contribution is 0.661. The third-order valence-electron chi connectivity index (χ3n) is 14.3. The highest BCUT2D eigenvalue weighted by atomic mass is 16.3. The van der Waals surface area contributed by atoms with Gasteiger partial charge in [-0.1, -0.05) is 141 Å². The van der Waals surface area contributed by atoms with Crippen molar-refractivity contribution in [2.24, 2.45) is 0 Å². The molecule has 0 atom stereocenters. The summed E-state index contributed by atoms with van der Waals surface area (Å²) < 4.78 is 11.5. The van der Waals surface area contributed by atoms with Gasteiger partial charge in [-0.15, -0.1) is 0 Å². The van der Waals surface area contributed by atoms with E-state index in [4.69, 9.17) is 4.42 Å². The van der Waals surface area contributed by atoms with Crippen molar-refractivity contribution < 1.29 is 4.42 Å². The largest absolute Gasteiger partial charge is 0.456 e. The van der Waals surface area contributed by atoms with Crippen molar-refractivity contribution in [1.29, 1.82) is 0 Å². The zero-order chi connectivity index (χ0) is 42.3. The molecule has 1 aliphatic carbocycles. The van der Waals surface area contributed by atoms with Gasteiger partial charge in [0.2, 0.25) is 0 Å². The first-order valence-electron chi connectivity index (χ1n) is 22.3. The highest BCUT2D eigenvalue weighted by Crippen LogP contribution is 2.55. The summed E-state index contributed by atoms with van der Waals surface area (Å²) in [5, 5.41) is 9.80. The van der Waals surface area contributed by atoms with Crippen molar-refractivity contribution in [2.75, 3.05) is 0 Å². The summed E-state index contributed by atoms with van der Waals surface area (Å²) in [6, 6.07) is 75.8. The van der Waals surface area contributed by atoms with E-state index in [-0.39, 0.29) is 5.41 Å². The average molecular weight is 817 g/mol. The first-order valence-corrected chi connectivity index (χ1v) is 22.3. The summed E-state index contributed by atoms with van der Waals surface area (Å²) >= 11 is 0. The van der Waals surface area contributed by atoms with Crippen molar-refractivity contribution in [3.63, 3.8) is 0 Å². The summed E-state index contributed by atoms with van der Waals surface area (Å²) in [6.07, 6.45) is 0. The van der Waals surface area contributed by atoms with Gasteiger partial charge in [0, 0.05) is 49.1 Å². The van der Waals surface area contributed by atoms with E-state index in [1.165, 1.54) is 87.8 Å². The van der Waals surface area contributed by atoms with E-state index in [1.54, 1.807) is 0 Å². The van der Waals surface area contributed by atoms with Gasteiger partial charge in [0.15, 0.2) is 0 Å². The lowest BCUT2D eigenvalue weighted by Crippen LogP contribution is -2.15. The highest BCUT2D eigenvalue weighted by molar-refractivity contribution is 6.18. The molecule has 14 rings (SSSR count). The van der Waals surface area contributed by atoms with E-state index in [0.717, 1.165) is 44.4 Å². The molecular formula is C61H40N2O. The fourth-order valence-corrected chi connectivity index (χ4v) is 11.4. The van der Waals surface area contributed by atoms with Gasteiger partial charge >= 0.3 is 0 Å². The van der Waals surface area contributed by atoms with Gasteiger partial charge in [0.25, 0.3) is 0 Å². The number of benzene rings is 10. The van der Waals surface area contributed by atoms with Crippen LogP contribution in [0.4, 0.5) is 0 Å². The SMILES string of the molecule is CC1(C)c2cc3c(cc2-c2c1cc(-c1ccccc1)c1ccccc21)c1cc(-c2cccc4oc5ccc(-n6c7ccccc7c7ccccc76)cc5c24)ccc1n3-c1ccccc1. The van der Waals surface area contributed by atoms with Gasteiger partial charge in [-0.25, -0.2) is 0 Å². The van der Waals surface area contributed by atoms with Crippen LogP contribution < -0.4 is 0 Å². The number of rotatable bonds is 4. The molecule has 0 saturated heterocycles. The summed E-state index contributed by atoms with van der Waals surface area (Å²) in [5.74, 6) is 0. The topological polar surface area (TPSA) is 23.0 Å². The second-order valence-corrected chi connectivity index (χ2v) is 18.0. The van der Waals surface area contributed by atoms with E-state index in [9.17, 15) is 0 Å². The monoisotopic (exact) mass is 816 g/mol. The van der Waals surface area contributed by atoms with E-state index >= 15 is 0 Å². The Labute approximate surface area is 369 Å². The second kappa shape index (κ2) is 12.9. The number of nitrogens with zero attached hydrogens (tertiary/aromatic N) is 2. The fraction of sp³-hybridized carbons (Fsp3) is 0.0492. The van der Waals surface area contributed by atoms with Crippen molar-refractivity contribution >= 4 is 76.3 Å². The number of furan rings is 1. The highest BCUT2D eigenvalue weighted by Gasteiger charge is 2.38. The Morgan fingerprint density at radius 1 is 0.344 bits per heavy atom. The molecule has 0 amide bonds. The molecule has 0 fully saturated rings. The molecule has 10 aromatic carbocycles. The van der Waals surface area contributed by atoms with Crippen LogP contribution in [0, 0.1) is 0 Å². The van der Waals surface area contributed by atoms with E-state index < -0.39 is 0 Å². The average Bonchev–Trinajstić information content (AvgIpc) is 4.05. The first-order chi connectivity index (χ1) is 31.5. The zero-order valence-corrected chi connectivity index (χ0v) is 35.4. The molecule has 0 bridgehead atoms. The fourth-order valence-electron chi connectivity index (χ4n) is 11.4. The maximum atomic E-state index is 6.64. The standard InChI is InChI=1S/C61H40N2O/c1-61(2)51-36-56-48(34-49(51)59-45-23-10-9-20-42(45)46(35-52(59)61)37-16-5-3-6-17-37)47-32-38(28-30-55(47)62(56)39-18-7-4-8-19-39)41-24-15-27-58-60(41)50-33-40(29-31-57(50)64-58)63-53-25-13-11-21-43(53)44-22-12-14-26-54(44)63/h3-36H,1-2H3. The molecule has 0 radical (unpaired) electrons. The minimum absolute atomic E-state index is 0.217. The van der Waals surface area contributed by atoms with Crippen LogP contribution in [0.25, 0.3) is 121 Å². The van der Waals surface area contributed by atoms with Crippen LogP contribution >= 0.6 is 0 Å².